The van der Waals surface area contributed by atoms with E-state index in [1.54, 1.807) is 0 Å². The molecule has 0 aromatic carbocycles. The lowest BCUT2D eigenvalue weighted by Gasteiger charge is -2.37. The molecule has 1 aromatic heterocycles. The second-order valence-electron chi connectivity index (χ2n) is 3.42. The van der Waals surface area contributed by atoms with Crippen LogP contribution < -0.4 is 5.32 Å². The molecule has 0 saturated carbocycles. The fraction of sp³-hybridized carbons (Fsp3) is 0.375. The van der Waals surface area contributed by atoms with E-state index in [-0.39, 0.29) is 11.5 Å². The highest BCUT2D eigenvalue weighted by Gasteiger charge is 2.52. The zero-order chi connectivity index (χ0) is 9.92. The van der Waals surface area contributed by atoms with E-state index in [0.29, 0.717) is 17.0 Å². The molecular weight excluding hydrogens is 273 g/mol. The number of carbonyl (C=O) groups excluding carboxylic acids is 1. The van der Waals surface area contributed by atoms with Crippen molar-refractivity contribution in [2.45, 2.75) is 5.54 Å². The van der Waals surface area contributed by atoms with Crippen LogP contribution in [0.4, 0.5) is 4.39 Å². The first-order valence-electron chi connectivity index (χ1n) is 4.02. The van der Waals surface area contributed by atoms with Crippen LogP contribution >= 0.6 is 27.3 Å². The number of fused-ring (bicyclic) bond motifs is 2. The van der Waals surface area contributed by atoms with Crippen LogP contribution in [0.25, 0.3) is 0 Å². The highest BCUT2D eigenvalue weighted by atomic mass is 79.9. The van der Waals surface area contributed by atoms with Crippen LogP contribution in [0.5, 0.6) is 0 Å². The lowest BCUT2D eigenvalue weighted by molar-refractivity contribution is -0.0673. The maximum atomic E-state index is 13.5. The Labute approximate surface area is 91.4 Å². The molecule has 0 aliphatic carbocycles. The monoisotopic (exact) mass is 277 g/mol. The molecule has 0 radical (unpaired) electrons. The van der Waals surface area contributed by atoms with Crippen molar-refractivity contribution in [2.75, 3.05) is 13.2 Å². The largest absolute Gasteiger partial charge is 0.376 e. The SMILES string of the molecule is O=C1NC2(COC2)c2sc(Br)c(F)c21. The van der Waals surface area contributed by atoms with Crippen molar-refractivity contribution >= 4 is 33.2 Å². The van der Waals surface area contributed by atoms with E-state index in [4.69, 9.17) is 4.74 Å². The van der Waals surface area contributed by atoms with Crippen LogP contribution in [0.1, 0.15) is 15.2 Å². The summed E-state index contributed by atoms with van der Waals surface area (Å²) in [5.74, 6) is -0.783. The Morgan fingerprint density at radius 3 is 2.86 bits per heavy atom. The van der Waals surface area contributed by atoms with Gasteiger partial charge in [0, 0.05) is 0 Å². The Bertz CT molecular complexity index is 441. The first kappa shape index (κ1) is 8.82. The van der Waals surface area contributed by atoms with Crippen molar-refractivity contribution in [1.82, 2.24) is 5.32 Å². The minimum Gasteiger partial charge on any atom is -0.376 e. The van der Waals surface area contributed by atoms with E-state index in [1.807, 2.05) is 0 Å². The number of hydrogen-bond donors (Lipinski definition) is 1. The molecule has 0 unspecified atom stereocenters. The van der Waals surface area contributed by atoms with E-state index in [0.717, 1.165) is 4.88 Å². The molecule has 2 aliphatic heterocycles. The van der Waals surface area contributed by atoms with Gasteiger partial charge < -0.3 is 10.1 Å². The van der Waals surface area contributed by atoms with Crippen molar-refractivity contribution in [3.05, 3.63) is 20.0 Å². The van der Waals surface area contributed by atoms with Gasteiger partial charge in [-0.25, -0.2) is 4.39 Å². The molecule has 1 aromatic rings. The van der Waals surface area contributed by atoms with Crippen LogP contribution in [0.2, 0.25) is 0 Å². The Morgan fingerprint density at radius 1 is 1.57 bits per heavy atom. The minimum absolute atomic E-state index is 0.185. The minimum atomic E-state index is -0.453. The molecule has 6 heteroatoms. The lowest BCUT2D eigenvalue weighted by Crippen LogP contribution is -2.54. The van der Waals surface area contributed by atoms with Crippen LogP contribution in [0.3, 0.4) is 0 Å². The van der Waals surface area contributed by atoms with Crippen molar-refractivity contribution in [2.24, 2.45) is 0 Å². The van der Waals surface area contributed by atoms with Crippen LogP contribution in [0, 0.1) is 5.82 Å². The van der Waals surface area contributed by atoms with Gasteiger partial charge in [0.25, 0.3) is 5.91 Å². The smallest absolute Gasteiger partial charge is 0.256 e. The zero-order valence-corrected chi connectivity index (χ0v) is 9.30. The zero-order valence-electron chi connectivity index (χ0n) is 6.89. The normalized spacial score (nSPS) is 22.0. The summed E-state index contributed by atoms with van der Waals surface area (Å²) >= 11 is 4.37. The molecular formula is C8H5BrFNO2S. The second kappa shape index (κ2) is 2.56. The molecule has 1 amide bonds. The van der Waals surface area contributed by atoms with E-state index >= 15 is 0 Å². The molecule has 0 atom stereocenters. The van der Waals surface area contributed by atoms with E-state index < -0.39 is 11.4 Å². The Kier molecular flexibility index (Phi) is 1.61. The van der Waals surface area contributed by atoms with Gasteiger partial charge in [-0.3, -0.25) is 4.79 Å². The average molecular weight is 278 g/mol. The number of carbonyl (C=O) groups is 1. The van der Waals surface area contributed by atoms with Crippen LogP contribution in [-0.4, -0.2) is 19.1 Å². The van der Waals surface area contributed by atoms with Gasteiger partial charge in [0.05, 0.1) is 23.7 Å². The van der Waals surface area contributed by atoms with Gasteiger partial charge in [-0.2, -0.15) is 0 Å². The summed E-state index contributed by atoms with van der Waals surface area (Å²) < 4.78 is 18.9. The molecule has 1 N–H and O–H groups in total. The first-order valence-corrected chi connectivity index (χ1v) is 5.63. The first-order chi connectivity index (χ1) is 6.64. The van der Waals surface area contributed by atoms with E-state index in [9.17, 15) is 9.18 Å². The maximum absolute atomic E-state index is 13.5. The van der Waals surface area contributed by atoms with E-state index in [1.165, 1.54) is 11.3 Å². The van der Waals surface area contributed by atoms with Gasteiger partial charge in [-0.1, -0.05) is 0 Å². The Morgan fingerprint density at radius 2 is 2.29 bits per heavy atom. The summed E-state index contributed by atoms with van der Waals surface area (Å²) in [7, 11) is 0. The number of hydrogen-bond acceptors (Lipinski definition) is 3. The van der Waals surface area contributed by atoms with Crippen molar-refractivity contribution in [3.63, 3.8) is 0 Å². The molecule has 0 bridgehead atoms. The summed E-state index contributed by atoms with van der Waals surface area (Å²) in [6.45, 7) is 0.885. The van der Waals surface area contributed by atoms with Crippen molar-refractivity contribution in [3.8, 4) is 0 Å². The lowest BCUT2D eigenvalue weighted by atomic mass is 9.97. The Balaban J connectivity index is 2.23. The van der Waals surface area contributed by atoms with E-state index in [2.05, 4.69) is 21.2 Å². The summed E-state index contributed by atoms with van der Waals surface area (Å²) in [4.78, 5) is 12.2. The number of rotatable bonds is 0. The highest BCUT2D eigenvalue weighted by Crippen LogP contribution is 2.45. The molecule has 1 spiro atoms. The van der Waals surface area contributed by atoms with Gasteiger partial charge in [0.1, 0.15) is 9.33 Å². The van der Waals surface area contributed by atoms with Crippen LogP contribution in [0.15, 0.2) is 3.79 Å². The van der Waals surface area contributed by atoms with Gasteiger partial charge >= 0.3 is 0 Å². The molecule has 3 rings (SSSR count). The predicted molar refractivity (Wildman–Crippen MR) is 51.9 cm³/mol. The third kappa shape index (κ3) is 0.863. The molecule has 1 saturated heterocycles. The molecule has 2 aliphatic rings. The van der Waals surface area contributed by atoms with Crippen LogP contribution in [-0.2, 0) is 10.3 Å². The fourth-order valence-corrected chi connectivity index (χ4v) is 3.47. The molecule has 14 heavy (non-hydrogen) atoms. The summed E-state index contributed by atoms with van der Waals surface area (Å²) in [5.41, 5.74) is -0.255. The maximum Gasteiger partial charge on any atom is 0.256 e. The molecule has 74 valence electrons. The van der Waals surface area contributed by atoms with Gasteiger partial charge in [0.2, 0.25) is 0 Å². The summed E-state index contributed by atoms with van der Waals surface area (Å²) in [6.07, 6.45) is 0. The molecule has 3 heterocycles. The third-order valence-electron chi connectivity index (χ3n) is 2.52. The van der Waals surface area contributed by atoms with Gasteiger partial charge in [-0.05, 0) is 15.9 Å². The van der Waals surface area contributed by atoms with Gasteiger partial charge in [0.15, 0.2) is 5.82 Å². The Hall–Kier alpha value is -0.460. The molecule has 3 nitrogen and oxygen atoms in total. The predicted octanol–water partition coefficient (Wildman–Crippen LogP) is 1.62. The molecule has 1 fully saturated rings. The number of halogens is 2. The quantitative estimate of drug-likeness (QED) is 0.783. The highest BCUT2D eigenvalue weighted by molar-refractivity contribution is 9.11. The fourth-order valence-electron chi connectivity index (χ4n) is 1.77. The topological polar surface area (TPSA) is 38.3 Å². The summed E-state index contributed by atoms with van der Waals surface area (Å²) in [5, 5.41) is 2.77. The average Bonchev–Trinajstić information content (AvgIpc) is 2.51. The van der Waals surface area contributed by atoms with Gasteiger partial charge in [-0.15, -0.1) is 11.3 Å². The number of amides is 1. The number of ether oxygens (including phenoxy) is 1. The standard InChI is InChI=1S/C8H5BrFNO2S/c9-6-4(10)3-5(14-6)8(1-13-2-8)11-7(3)12/h1-2H2,(H,11,12). The van der Waals surface area contributed by atoms with Crippen molar-refractivity contribution < 1.29 is 13.9 Å². The summed E-state index contributed by atoms with van der Waals surface area (Å²) in [6, 6.07) is 0. The third-order valence-corrected chi connectivity index (χ3v) is 4.51. The number of thiophene rings is 1. The number of nitrogens with one attached hydrogen (secondary N) is 1. The second-order valence-corrected chi connectivity index (χ2v) is 5.76. The van der Waals surface area contributed by atoms with Crippen molar-refractivity contribution in [1.29, 1.82) is 0 Å².